The van der Waals surface area contributed by atoms with Crippen LogP contribution in [0.15, 0.2) is 34.7 Å². The number of nitrogens with one attached hydrogen (secondary N) is 1. The summed E-state index contributed by atoms with van der Waals surface area (Å²) in [5.74, 6) is 0.588. The van der Waals surface area contributed by atoms with Crippen molar-refractivity contribution in [2.24, 2.45) is 5.10 Å². The van der Waals surface area contributed by atoms with Crippen LogP contribution in [-0.2, 0) is 0 Å². The topological polar surface area (TPSA) is 83.6 Å². The van der Waals surface area contributed by atoms with E-state index in [1.165, 1.54) is 11.3 Å². The van der Waals surface area contributed by atoms with Gasteiger partial charge in [0.15, 0.2) is 0 Å². The summed E-state index contributed by atoms with van der Waals surface area (Å²) < 4.78 is 0. The van der Waals surface area contributed by atoms with Gasteiger partial charge in [-0.15, -0.1) is 11.3 Å². The molecular formula is C15H17N5OS. The van der Waals surface area contributed by atoms with Crippen LogP contribution in [0.4, 0.5) is 10.9 Å². The zero-order chi connectivity index (χ0) is 15.4. The molecule has 0 bridgehead atoms. The van der Waals surface area contributed by atoms with Crippen LogP contribution in [0, 0.1) is 0 Å². The molecule has 22 heavy (non-hydrogen) atoms. The van der Waals surface area contributed by atoms with Crippen molar-refractivity contribution in [2.75, 3.05) is 24.2 Å². The fraction of sp³-hybridized carbons (Fsp3) is 0.267. The third-order valence-corrected chi connectivity index (χ3v) is 4.21. The largest absolute Gasteiger partial charge is 0.383 e. The van der Waals surface area contributed by atoms with Gasteiger partial charge < -0.3 is 10.6 Å². The third-order valence-electron chi connectivity index (χ3n) is 3.45. The van der Waals surface area contributed by atoms with Gasteiger partial charge >= 0.3 is 0 Å². The molecule has 0 saturated carbocycles. The second-order valence-corrected chi connectivity index (χ2v) is 5.93. The van der Waals surface area contributed by atoms with Gasteiger partial charge in [-0.25, -0.2) is 4.98 Å². The molecule has 1 aliphatic rings. The minimum Gasteiger partial charge on any atom is -0.383 e. The van der Waals surface area contributed by atoms with E-state index in [-0.39, 0.29) is 5.91 Å². The highest BCUT2D eigenvalue weighted by Crippen LogP contribution is 2.16. The number of nitrogens with zero attached hydrogens (tertiary/aromatic N) is 3. The number of hydrogen-bond acceptors (Lipinski definition) is 6. The number of carbonyl (C=O) groups excluding carboxylic acids is 1. The average Bonchev–Trinajstić information content (AvgIpc) is 3.19. The number of anilines is 2. The van der Waals surface area contributed by atoms with E-state index in [1.807, 2.05) is 29.2 Å². The predicted octanol–water partition coefficient (Wildman–Crippen LogP) is 2.41. The number of thiazole rings is 1. The molecule has 6 nitrogen and oxygen atoms in total. The van der Waals surface area contributed by atoms with Crippen molar-refractivity contribution < 1.29 is 4.79 Å². The van der Waals surface area contributed by atoms with Gasteiger partial charge in [0.25, 0.3) is 5.91 Å². The second-order valence-electron chi connectivity index (χ2n) is 5.07. The zero-order valence-corrected chi connectivity index (χ0v) is 12.8. The van der Waals surface area contributed by atoms with Gasteiger partial charge in [0.1, 0.15) is 5.82 Å². The van der Waals surface area contributed by atoms with Crippen LogP contribution >= 0.6 is 11.3 Å². The number of nitrogen functional groups attached to an aromatic ring is 1. The van der Waals surface area contributed by atoms with Crippen molar-refractivity contribution >= 4 is 34.4 Å². The summed E-state index contributed by atoms with van der Waals surface area (Å²) in [4.78, 5) is 18.2. The quantitative estimate of drug-likeness (QED) is 0.670. The maximum atomic E-state index is 12.2. The molecule has 3 N–H and O–H groups in total. The molecule has 2 aromatic rings. The molecule has 7 heteroatoms. The molecule has 0 spiro atoms. The maximum Gasteiger partial charge on any atom is 0.253 e. The third kappa shape index (κ3) is 3.43. The molecule has 114 valence electrons. The lowest BCUT2D eigenvalue weighted by Crippen LogP contribution is -2.27. The molecule has 0 unspecified atom stereocenters. The normalized spacial score (nSPS) is 14.6. The minimum absolute atomic E-state index is 0.109. The first-order valence-corrected chi connectivity index (χ1v) is 8.00. The summed E-state index contributed by atoms with van der Waals surface area (Å²) >= 11 is 1.39. The fourth-order valence-corrected chi connectivity index (χ4v) is 2.86. The van der Waals surface area contributed by atoms with E-state index in [4.69, 9.17) is 5.73 Å². The zero-order valence-electron chi connectivity index (χ0n) is 12.0. The number of nitrogens with two attached hydrogens (primary N) is 1. The molecule has 0 aliphatic carbocycles. The molecule has 1 amide bonds. The first-order chi connectivity index (χ1) is 10.7. The van der Waals surface area contributed by atoms with E-state index in [9.17, 15) is 4.79 Å². The maximum absolute atomic E-state index is 12.2. The van der Waals surface area contributed by atoms with Crippen molar-refractivity contribution in [1.29, 1.82) is 0 Å². The van der Waals surface area contributed by atoms with E-state index in [2.05, 4.69) is 15.5 Å². The molecule has 1 saturated heterocycles. The van der Waals surface area contributed by atoms with Gasteiger partial charge in [-0.3, -0.25) is 10.2 Å². The van der Waals surface area contributed by atoms with Crippen molar-refractivity contribution in [2.45, 2.75) is 12.8 Å². The van der Waals surface area contributed by atoms with Crippen LogP contribution < -0.4 is 11.2 Å². The summed E-state index contributed by atoms with van der Waals surface area (Å²) in [5, 5.41) is 6.49. The molecule has 2 heterocycles. The molecule has 1 aromatic heterocycles. The van der Waals surface area contributed by atoms with Crippen LogP contribution in [0.1, 0.15) is 28.8 Å². The van der Waals surface area contributed by atoms with E-state index in [1.54, 1.807) is 11.6 Å². The summed E-state index contributed by atoms with van der Waals surface area (Å²) in [7, 11) is 0. The number of rotatable bonds is 4. The van der Waals surface area contributed by atoms with E-state index >= 15 is 0 Å². The summed E-state index contributed by atoms with van der Waals surface area (Å²) in [6.07, 6.45) is 3.88. The smallest absolute Gasteiger partial charge is 0.253 e. The summed E-state index contributed by atoms with van der Waals surface area (Å²) in [6.45, 7) is 1.73. The van der Waals surface area contributed by atoms with Crippen molar-refractivity contribution in [1.82, 2.24) is 9.88 Å². The molecule has 1 aliphatic heterocycles. The number of carbonyl (C=O) groups is 1. The van der Waals surface area contributed by atoms with Crippen LogP contribution in [0.3, 0.4) is 0 Å². The first kappa shape index (κ1) is 14.5. The average molecular weight is 315 g/mol. The number of likely N-dealkylation sites (tertiary alicyclic amines) is 1. The first-order valence-electron chi connectivity index (χ1n) is 7.12. The lowest BCUT2D eigenvalue weighted by Gasteiger charge is -2.14. The Morgan fingerprint density at radius 1 is 1.32 bits per heavy atom. The Balaban J connectivity index is 1.60. The van der Waals surface area contributed by atoms with Crippen molar-refractivity contribution in [3.05, 3.63) is 40.8 Å². The number of hydrogen-bond donors (Lipinski definition) is 2. The van der Waals surface area contributed by atoms with Gasteiger partial charge in [-0.05, 0) is 30.5 Å². The lowest BCUT2D eigenvalue weighted by atomic mass is 10.1. The van der Waals surface area contributed by atoms with Crippen LogP contribution in [0.5, 0.6) is 0 Å². The number of hydrazone groups is 1. The van der Waals surface area contributed by atoms with Gasteiger partial charge in [0.05, 0.1) is 6.21 Å². The Labute approximate surface area is 132 Å². The second kappa shape index (κ2) is 6.57. The molecular weight excluding hydrogens is 298 g/mol. The molecule has 0 radical (unpaired) electrons. The Kier molecular flexibility index (Phi) is 4.34. The Morgan fingerprint density at radius 2 is 2.05 bits per heavy atom. The Morgan fingerprint density at radius 3 is 2.68 bits per heavy atom. The summed E-state index contributed by atoms with van der Waals surface area (Å²) in [5.41, 5.74) is 9.98. The van der Waals surface area contributed by atoms with Crippen LogP contribution in [0.2, 0.25) is 0 Å². The van der Waals surface area contributed by atoms with E-state index < -0.39 is 0 Å². The fourth-order valence-electron chi connectivity index (χ4n) is 2.31. The van der Waals surface area contributed by atoms with Gasteiger partial charge in [0, 0.05) is 24.0 Å². The molecule has 1 aromatic carbocycles. The van der Waals surface area contributed by atoms with E-state index in [0.717, 1.165) is 37.1 Å². The summed E-state index contributed by atoms with van der Waals surface area (Å²) in [6, 6.07) is 7.43. The standard InChI is InChI=1S/C15H17N5OS/c16-13-10-22-15(18-13)19-17-9-11-3-5-12(6-4-11)14(21)20-7-1-2-8-20/h3-6,9-10H,1-2,7-8,16H2,(H,18,19). The van der Waals surface area contributed by atoms with Crippen molar-refractivity contribution in [3.63, 3.8) is 0 Å². The number of benzene rings is 1. The molecule has 1 fully saturated rings. The highest BCUT2D eigenvalue weighted by Gasteiger charge is 2.18. The molecule has 0 atom stereocenters. The molecule has 3 rings (SSSR count). The van der Waals surface area contributed by atoms with Crippen LogP contribution in [-0.4, -0.2) is 35.1 Å². The minimum atomic E-state index is 0.109. The highest BCUT2D eigenvalue weighted by molar-refractivity contribution is 7.14. The number of amides is 1. The number of aromatic nitrogens is 1. The SMILES string of the molecule is Nc1csc(NN=Cc2ccc(C(=O)N3CCCC3)cc2)n1. The monoisotopic (exact) mass is 315 g/mol. The highest BCUT2D eigenvalue weighted by atomic mass is 32.1. The predicted molar refractivity (Wildman–Crippen MR) is 89.3 cm³/mol. The lowest BCUT2D eigenvalue weighted by molar-refractivity contribution is 0.0793. The van der Waals surface area contributed by atoms with Gasteiger partial charge in [-0.2, -0.15) is 5.10 Å². The Bertz CT molecular complexity index is 673. The van der Waals surface area contributed by atoms with E-state index in [0.29, 0.717) is 10.9 Å². The van der Waals surface area contributed by atoms with Crippen LogP contribution in [0.25, 0.3) is 0 Å². The Hall–Kier alpha value is -2.41. The van der Waals surface area contributed by atoms with Crippen molar-refractivity contribution in [3.8, 4) is 0 Å². The van der Waals surface area contributed by atoms with Gasteiger partial charge in [0.2, 0.25) is 5.13 Å². The van der Waals surface area contributed by atoms with Gasteiger partial charge in [-0.1, -0.05) is 12.1 Å².